The number of nitrogens with one attached hydrogen (secondary N) is 1. The maximum absolute atomic E-state index is 12.2. The van der Waals surface area contributed by atoms with Crippen molar-refractivity contribution in [1.82, 2.24) is 14.9 Å². The molecule has 0 aliphatic carbocycles. The zero-order chi connectivity index (χ0) is 17.3. The van der Waals surface area contributed by atoms with Gasteiger partial charge in [-0.2, -0.15) is 0 Å². The second-order valence-electron chi connectivity index (χ2n) is 5.66. The van der Waals surface area contributed by atoms with Gasteiger partial charge in [0.2, 0.25) is 5.91 Å². The number of hydrogen-bond acceptors (Lipinski definition) is 3. The van der Waals surface area contributed by atoms with E-state index in [1.165, 1.54) is 11.1 Å². The van der Waals surface area contributed by atoms with Crippen LogP contribution < -0.4 is 5.32 Å². The van der Waals surface area contributed by atoms with Crippen LogP contribution in [0.2, 0.25) is 0 Å². The molecule has 0 atom stereocenters. The van der Waals surface area contributed by atoms with Crippen molar-refractivity contribution in [1.29, 1.82) is 0 Å². The van der Waals surface area contributed by atoms with E-state index in [2.05, 4.69) is 34.6 Å². The number of hydrogen-bond donors (Lipinski definition) is 1. The quantitative estimate of drug-likeness (QED) is 0.675. The molecule has 1 amide bonds. The number of amides is 1. The van der Waals surface area contributed by atoms with E-state index < -0.39 is 0 Å². The van der Waals surface area contributed by atoms with E-state index in [9.17, 15) is 4.79 Å². The highest BCUT2D eigenvalue weighted by Crippen LogP contribution is 2.35. The van der Waals surface area contributed by atoms with Crippen LogP contribution in [0.1, 0.15) is 16.4 Å². The molecule has 0 spiro atoms. The minimum Gasteiger partial charge on any atom is -0.354 e. The Morgan fingerprint density at radius 2 is 1.68 bits per heavy atom. The van der Waals surface area contributed by atoms with Crippen molar-refractivity contribution in [2.45, 2.75) is 11.8 Å². The Morgan fingerprint density at radius 1 is 1.04 bits per heavy atom. The van der Waals surface area contributed by atoms with Crippen molar-refractivity contribution in [2.24, 2.45) is 0 Å². The summed E-state index contributed by atoms with van der Waals surface area (Å²) in [5, 5.41) is 3.13. The van der Waals surface area contributed by atoms with Gasteiger partial charge < -0.3 is 9.88 Å². The predicted octanol–water partition coefficient (Wildman–Crippen LogP) is 3.52. The zero-order valence-electron chi connectivity index (χ0n) is 13.9. The van der Waals surface area contributed by atoms with Gasteiger partial charge in [-0.3, -0.25) is 4.79 Å². The first-order chi connectivity index (χ1) is 12.3. The molecule has 1 N–H and O–H groups in total. The third-order valence-electron chi connectivity index (χ3n) is 3.84. The monoisotopic (exact) mass is 351 g/mol. The van der Waals surface area contributed by atoms with Gasteiger partial charge in [0.1, 0.15) is 0 Å². The largest absolute Gasteiger partial charge is 0.354 e. The lowest BCUT2D eigenvalue weighted by Gasteiger charge is -2.17. The molecule has 0 aliphatic rings. The topological polar surface area (TPSA) is 46.9 Å². The molecule has 1 aromatic heterocycles. The zero-order valence-corrected chi connectivity index (χ0v) is 14.7. The highest BCUT2D eigenvalue weighted by Gasteiger charge is 2.16. The van der Waals surface area contributed by atoms with Gasteiger partial charge in [-0.05, 0) is 11.1 Å². The SMILES string of the molecule is O=C(CSC(c1ccccc1)c1ccccc1)NCCn1ccnc1. The summed E-state index contributed by atoms with van der Waals surface area (Å²) >= 11 is 1.65. The van der Waals surface area contributed by atoms with Gasteiger partial charge in [-0.1, -0.05) is 60.7 Å². The minimum atomic E-state index is 0.0574. The molecule has 4 nitrogen and oxygen atoms in total. The van der Waals surface area contributed by atoms with Gasteiger partial charge >= 0.3 is 0 Å². The molecule has 0 bridgehead atoms. The number of nitrogens with zero attached hydrogens (tertiary/aromatic N) is 2. The predicted molar refractivity (Wildman–Crippen MR) is 102 cm³/mol. The van der Waals surface area contributed by atoms with Gasteiger partial charge in [0.05, 0.1) is 17.3 Å². The first-order valence-corrected chi connectivity index (χ1v) is 9.32. The lowest BCUT2D eigenvalue weighted by atomic mass is 10.0. The maximum Gasteiger partial charge on any atom is 0.230 e. The van der Waals surface area contributed by atoms with Crippen LogP contribution >= 0.6 is 11.8 Å². The van der Waals surface area contributed by atoms with E-state index in [0.717, 1.165) is 6.54 Å². The third kappa shape index (κ3) is 5.22. The second-order valence-corrected chi connectivity index (χ2v) is 6.76. The summed E-state index contributed by atoms with van der Waals surface area (Å²) in [6.07, 6.45) is 5.38. The molecule has 128 valence electrons. The van der Waals surface area contributed by atoms with E-state index in [4.69, 9.17) is 0 Å². The van der Waals surface area contributed by atoms with Crippen LogP contribution in [0.5, 0.6) is 0 Å². The Bertz CT molecular complexity index is 721. The number of benzene rings is 2. The molecule has 3 rings (SSSR count). The Balaban J connectivity index is 1.56. The Labute approximate surface area is 152 Å². The molecular weight excluding hydrogens is 330 g/mol. The Kier molecular flexibility index (Phi) is 6.29. The minimum absolute atomic E-state index is 0.0574. The molecule has 0 fully saturated rings. The van der Waals surface area contributed by atoms with E-state index in [1.807, 2.05) is 47.2 Å². The fraction of sp³-hybridized carbons (Fsp3) is 0.200. The Hall–Kier alpha value is -2.53. The smallest absolute Gasteiger partial charge is 0.230 e. The van der Waals surface area contributed by atoms with Crippen LogP contribution in [0.15, 0.2) is 79.4 Å². The lowest BCUT2D eigenvalue weighted by molar-refractivity contribution is -0.118. The number of rotatable bonds is 8. The van der Waals surface area contributed by atoms with Gasteiger partial charge in [0.15, 0.2) is 0 Å². The standard InChI is InChI=1S/C20H21N3OS/c24-19(22-12-14-23-13-11-21-16-23)15-25-20(17-7-3-1-4-8-17)18-9-5-2-6-10-18/h1-11,13,16,20H,12,14-15H2,(H,22,24). The van der Waals surface area contributed by atoms with E-state index in [-0.39, 0.29) is 11.2 Å². The molecule has 25 heavy (non-hydrogen) atoms. The number of thioether (sulfide) groups is 1. The number of aromatic nitrogens is 2. The molecule has 0 aliphatic heterocycles. The molecule has 1 heterocycles. The number of carbonyl (C=O) groups is 1. The summed E-state index contributed by atoms with van der Waals surface area (Å²) < 4.78 is 1.95. The number of carbonyl (C=O) groups excluding carboxylic acids is 1. The molecule has 2 aromatic carbocycles. The van der Waals surface area contributed by atoms with Crippen LogP contribution in [0.25, 0.3) is 0 Å². The average Bonchev–Trinajstić information content (AvgIpc) is 3.17. The second kappa shape index (κ2) is 9.08. The molecule has 0 radical (unpaired) electrons. The average molecular weight is 351 g/mol. The van der Waals surface area contributed by atoms with Crippen molar-refractivity contribution in [3.63, 3.8) is 0 Å². The summed E-state index contributed by atoms with van der Waals surface area (Å²) in [7, 11) is 0. The van der Waals surface area contributed by atoms with Gasteiger partial charge in [0.25, 0.3) is 0 Å². The fourth-order valence-corrected chi connectivity index (χ4v) is 3.71. The van der Waals surface area contributed by atoms with Gasteiger partial charge in [0, 0.05) is 25.5 Å². The summed E-state index contributed by atoms with van der Waals surface area (Å²) in [4.78, 5) is 16.2. The maximum atomic E-state index is 12.2. The third-order valence-corrected chi connectivity index (χ3v) is 5.14. The normalized spacial score (nSPS) is 10.8. The van der Waals surface area contributed by atoms with Crippen molar-refractivity contribution in [3.8, 4) is 0 Å². The molecule has 5 heteroatoms. The van der Waals surface area contributed by atoms with Crippen LogP contribution in [0.4, 0.5) is 0 Å². The summed E-state index contributed by atoms with van der Waals surface area (Å²) in [6.45, 7) is 1.34. The van der Waals surface area contributed by atoms with E-state index in [0.29, 0.717) is 12.3 Å². The van der Waals surface area contributed by atoms with Crippen molar-refractivity contribution in [3.05, 3.63) is 90.5 Å². The van der Waals surface area contributed by atoms with Crippen molar-refractivity contribution in [2.75, 3.05) is 12.3 Å². The summed E-state index contributed by atoms with van der Waals surface area (Å²) in [5.41, 5.74) is 2.43. The van der Waals surface area contributed by atoms with Crippen LogP contribution in [0, 0.1) is 0 Å². The van der Waals surface area contributed by atoms with Gasteiger partial charge in [-0.25, -0.2) is 4.98 Å². The van der Waals surface area contributed by atoms with Crippen molar-refractivity contribution >= 4 is 17.7 Å². The van der Waals surface area contributed by atoms with Crippen LogP contribution in [0.3, 0.4) is 0 Å². The molecule has 0 saturated heterocycles. The molecular formula is C20H21N3OS. The number of imidazole rings is 1. The molecule has 0 unspecified atom stereocenters. The summed E-state index contributed by atoms with van der Waals surface area (Å²) in [5.74, 6) is 0.486. The Morgan fingerprint density at radius 3 is 2.24 bits per heavy atom. The molecule has 3 aromatic rings. The van der Waals surface area contributed by atoms with Crippen LogP contribution in [-0.2, 0) is 11.3 Å². The van der Waals surface area contributed by atoms with Gasteiger partial charge in [-0.15, -0.1) is 11.8 Å². The van der Waals surface area contributed by atoms with E-state index >= 15 is 0 Å². The first kappa shape index (κ1) is 17.3. The lowest BCUT2D eigenvalue weighted by Crippen LogP contribution is -2.28. The first-order valence-electron chi connectivity index (χ1n) is 8.27. The van der Waals surface area contributed by atoms with E-state index in [1.54, 1.807) is 24.3 Å². The molecule has 0 saturated carbocycles. The highest BCUT2D eigenvalue weighted by atomic mass is 32.2. The summed E-state index contributed by atoms with van der Waals surface area (Å²) in [6, 6.07) is 20.6. The highest BCUT2D eigenvalue weighted by molar-refractivity contribution is 8.00. The fourth-order valence-electron chi connectivity index (χ4n) is 2.59. The van der Waals surface area contributed by atoms with Crippen molar-refractivity contribution < 1.29 is 4.79 Å². The van der Waals surface area contributed by atoms with Crippen LogP contribution in [-0.4, -0.2) is 27.8 Å².